The van der Waals surface area contributed by atoms with Gasteiger partial charge in [0.15, 0.2) is 0 Å². The van der Waals surface area contributed by atoms with Crippen molar-refractivity contribution < 1.29 is 0 Å². The van der Waals surface area contributed by atoms with E-state index in [2.05, 4.69) is 255 Å². The first kappa shape index (κ1) is 42.4. The molecule has 11 aromatic rings. The lowest BCUT2D eigenvalue weighted by Crippen LogP contribution is -1.97. The molecule has 0 aliphatic rings. The molecule has 4 heteroatoms. The highest BCUT2D eigenvalue weighted by Crippen LogP contribution is 2.41. The Bertz CT molecular complexity index is 3150. The number of nitrogens with zero attached hydrogens (tertiary/aromatic N) is 2. The Morgan fingerprint density at radius 3 is 0.676 bits per heavy atom. The van der Waals surface area contributed by atoms with E-state index in [1.807, 2.05) is 12.4 Å². The van der Waals surface area contributed by atoms with Crippen LogP contribution in [0.1, 0.15) is 44.5 Å². The highest BCUT2D eigenvalue weighted by molar-refractivity contribution is 7.19. The molecule has 0 N–H and O–H groups in total. The number of benzene rings is 8. The van der Waals surface area contributed by atoms with E-state index < -0.39 is 0 Å². The van der Waals surface area contributed by atoms with E-state index in [1.165, 1.54) is 87.7 Å². The zero-order valence-electron chi connectivity index (χ0n) is 37.1. The van der Waals surface area contributed by atoms with E-state index in [1.54, 1.807) is 22.7 Å². The molecule has 322 valence electrons. The molecule has 3 aromatic heterocycles. The predicted octanol–water partition coefficient (Wildman–Crippen LogP) is 17.3. The fourth-order valence-electron chi connectivity index (χ4n) is 8.90. The summed E-state index contributed by atoms with van der Waals surface area (Å²) in [5, 5.41) is 0. The van der Waals surface area contributed by atoms with Gasteiger partial charge >= 0.3 is 0 Å². The second-order valence-corrected chi connectivity index (χ2v) is 18.6. The standard InChI is InChI=1S/C64H44N2S2/c1-7-19-47(20-8-1)61(48-21-9-2-10-22-48)63(51-27-15-5-16-28-51)53-35-31-45(32-36-53)57-39-41-59(67-57)55-43-66-56(44-65-55)60-42-40-58(68-60)46-33-37-54(38-34-46)64(52-29-17-6-18-30-52)62(49-23-11-3-12-24-49)50-25-13-4-14-26-50/h1-44H. The second kappa shape index (κ2) is 19.7. The van der Waals surface area contributed by atoms with Gasteiger partial charge < -0.3 is 0 Å². The van der Waals surface area contributed by atoms with Crippen molar-refractivity contribution in [2.24, 2.45) is 0 Å². The molecule has 2 nitrogen and oxygen atoms in total. The Labute approximate surface area is 406 Å². The maximum atomic E-state index is 4.93. The second-order valence-electron chi connectivity index (χ2n) is 16.5. The average molecular weight is 905 g/mol. The van der Waals surface area contributed by atoms with Gasteiger partial charge in [0.05, 0.1) is 33.5 Å². The number of aromatic nitrogens is 2. The third-order valence-electron chi connectivity index (χ3n) is 12.2. The number of thiophene rings is 2. The molecule has 11 rings (SSSR count). The van der Waals surface area contributed by atoms with Crippen molar-refractivity contribution in [1.29, 1.82) is 0 Å². The molecule has 68 heavy (non-hydrogen) atoms. The normalized spacial score (nSPS) is 10.9. The lowest BCUT2D eigenvalue weighted by Gasteiger charge is -2.18. The number of hydrogen-bond acceptors (Lipinski definition) is 4. The zero-order valence-corrected chi connectivity index (χ0v) is 38.7. The van der Waals surface area contributed by atoms with Gasteiger partial charge in [-0.25, -0.2) is 0 Å². The number of hydrogen-bond donors (Lipinski definition) is 0. The van der Waals surface area contributed by atoms with Crippen molar-refractivity contribution in [3.63, 3.8) is 0 Å². The summed E-state index contributed by atoms with van der Waals surface area (Å²) < 4.78 is 0. The fraction of sp³-hybridized carbons (Fsp3) is 0. The van der Waals surface area contributed by atoms with Crippen molar-refractivity contribution in [2.45, 2.75) is 0 Å². The molecule has 0 radical (unpaired) electrons. The molecule has 0 bridgehead atoms. The van der Waals surface area contributed by atoms with E-state index in [4.69, 9.17) is 9.97 Å². The van der Waals surface area contributed by atoms with Crippen molar-refractivity contribution in [1.82, 2.24) is 9.97 Å². The molecular weight excluding hydrogens is 861 g/mol. The lowest BCUT2D eigenvalue weighted by atomic mass is 9.85. The van der Waals surface area contributed by atoms with Crippen LogP contribution in [-0.4, -0.2) is 9.97 Å². The summed E-state index contributed by atoms with van der Waals surface area (Å²) in [5.41, 5.74) is 18.3. The summed E-state index contributed by atoms with van der Waals surface area (Å²) >= 11 is 3.48. The zero-order chi connectivity index (χ0) is 45.5. The molecular formula is C64H44N2S2. The summed E-state index contributed by atoms with van der Waals surface area (Å²) in [6, 6.07) is 91.0. The third-order valence-corrected chi connectivity index (χ3v) is 14.5. The molecule has 0 aliphatic heterocycles. The van der Waals surface area contributed by atoms with Crippen LogP contribution in [0.2, 0.25) is 0 Å². The molecule has 0 fully saturated rings. The van der Waals surface area contributed by atoms with Gasteiger partial charge in [0, 0.05) is 9.75 Å². The van der Waals surface area contributed by atoms with Crippen molar-refractivity contribution in [3.8, 4) is 42.0 Å². The molecule has 0 saturated carbocycles. The summed E-state index contributed by atoms with van der Waals surface area (Å²) in [6.45, 7) is 0. The lowest BCUT2D eigenvalue weighted by molar-refractivity contribution is 1.22. The van der Waals surface area contributed by atoms with Gasteiger partial charge in [-0.2, -0.15) is 0 Å². The minimum Gasteiger partial charge on any atom is -0.251 e. The van der Waals surface area contributed by atoms with Gasteiger partial charge in [0.1, 0.15) is 0 Å². The van der Waals surface area contributed by atoms with Crippen LogP contribution < -0.4 is 0 Å². The van der Waals surface area contributed by atoms with Crippen molar-refractivity contribution in [3.05, 3.63) is 312 Å². The average Bonchev–Trinajstić information content (AvgIpc) is 4.13. The minimum atomic E-state index is 0.867. The van der Waals surface area contributed by atoms with Gasteiger partial charge in [0.25, 0.3) is 0 Å². The van der Waals surface area contributed by atoms with E-state index in [9.17, 15) is 0 Å². The highest BCUT2D eigenvalue weighted by atomic mass is 32.1. The van der Waals surface area contributed by atoms with Crippen LogP contribution in [0, 0.1) is 0 Å². The highest BCUT2D eigenvalue weighted by Gasteiger charge is 2.19. The van der Waals surface area contributed by atoms with Crippen LogP contribution in [0.3, 0.4) is 0 Å². The Hall–Kier alpha value is -8.28. The first-order valence-corrected chi connectivity index (χ1v) is 24.4. The summed E-state index contributed by atoms with van der Waals surface area (Å²) in [6.07, 6.45) is 3.81. The van der Waals surface area contributed by atoms with Crippen molar-refractivity contribution >= 4 is 45.0 Å². The van der Waals surface area contributed by atoms with Gasteiger partial charge in [0.2, 0.25) is 0 Å². The van der Waals surface area contributed by atoms with Crippen LogP contribution in [0.25, 0.3) is 64.3 Å². The van der Waals surface area contributed by atoms with Crippen LogP contribution >= 0.6 is 22.7 Å². The smallest absolute Gasteiger partial charge is 0.0985 e. The molecule has 0 amide bonds. The Balaban J connectivity index is 0.845. The minimum absolute atomic E-state index is 0.867. The molecule has 0 aliphatic carbocycles. The summed E-state index contributed by atoms with van der Waals surface area (Å²) in [7, 11) is 0. The monoisotopic (exact) mass is 904 g/mol. The molecule has 0 unspecified atom stereocenters. The van der Waals surface area contributed by atoms with E-state index in [0.29, 0.717) is 0 Å². The SMILES string of the molecule is c1ccc(C(=C(c2ccccc2)c2ccc(-c3ccc(-c4cnc(-c5ccc(-c6ccc(C(=C(c7ccccc7)c7ccccc7)c7ccccc7)cc6)s5)cn4)s3)cc2)c2ccccc2)cc1. The molecule has 0 spiro atoms. The first-order valence-electron chi connectivity index (χ1n) is 22.8. The Morgan fingerprint density at radius 2 is 0.441 bits per heavy atom. The van der Waals surface area contributed by atoms with Crippen LogP contribution in [0.4, 0.5) is 0 Å². The summed E-state index contributed by atoms with van der Waals surface area (Å²) in [4.78, 5) is 14.4. The molecule has 0 atom stereocenters. The van der Waals surface area contributed by atoms with Gasteiger partial charge in [-0.1, -0.05) is 231 Å². The molecule has 8 aromatic carbocycles. The summed E-state index contributed by atoms with van der Waals surface area (Å²) in [5.74, 6) is 0. The molecule has 0 saturated heterocycles. The first-order chi connectivity index (χ1) is 33.7. The Kier molecular flexibility index (Phi) is 12.3. The van der Waals surface area contributed by atoms with E-state index >= 15 is 0 Å². The molecule has 3 heterocycles. The van der Waals surface area contributed by atoms with Crippen LogP contribution in [0.5, 0.6) is 0 Å². The third kappa shape index (κ3) is 8.99. The predicted molar refractivity (Wildman–Crippen MR) is 288 cm³/mol. The van der Waals surface area contributed by atoms with Crippen LogP contribution in [0.15, 0.2) is 267 Å². The topological polar surface area (TPSA) is 25.8 Å². The Morgan fingerprint density at radius 1 is 0.221 bits per heavy atom. The van der Waals surface area contributed by atoms with Crippen LogP contribution in [-0.2, 0) is 0 Å². The van der Waals surface area contributed by atoms with E-state index in [-0.39, 0.29) is 0 Å². The maximum absolute atomic E-state index is 4.93. The quantitative estimate of drug-likeness (QED) is 0.114. The van der Waals surface area contributed by atoms with Gasteiger partial charge in [-0.3, -0.25) is 9.97 Å². The maximum Gasteiger partial charge on any atom is 0.0985 e. The van der Waals surface area contributed by atoms with Gasteiger partial charge in [-0.05, 0) is 102 Å². The van der Waals surface area contributed by atoms with E-state index in [0.717, 1.165) is 21.1 Å². The van der Waals surface area contributed by atoms with Gasteiger partial charge in [-0.15, -0.1) is 22.7 Å². The largest absolute Gasteiger partial charge is 0.251 e. The number of rotatable bonds is 12. The van der Waals surface area contributed by atoms with Crippen molar-refractivity contribution in [2.75, 3.05) is 0 Å². The fourth-order valence-corrected chi connectivity index (χ4v) is 10.8.